The first kappa shape index (κ1) is 13.5. The number of carboxylic acid groups (broad SMARTS) is 1. The van der Waals surface area contributed by atoms with Gasteiger partial charge in [-0.2, -0.15) is 0 Å². The number of imidazole rings is 1. The second kappa shape index (κ2) is 4.67. The fourth-order valence-electron chi connectivity index (χ4n) is 3.91. The van der Waals surface area contributed by atoms with Gasteiger partial charge in [-0.1, -0.05) is 12.2 Å². The number of aromatic nitrogens is 2. The van der Waals surface area contributed by atoms with E-state index >= 15 is 0 Å². The third kappa shape index (κ3) is 1.81. The van der Waals surface area contributed by atoms with E-state index in [2.05, 4.69) is 4.98 Å². The number of carbonyl (C=O) groups is 2. The third-order valence-electron chi connectivity index (χ3n) is 4.87. The Labute approximate surface area is 127 Å². The highest BCUT2D eigenvalue weighted by molar-refractivity contribution is 5.90. The van der Waals surface area contributed by atoms with Gasteiger partial charge in [0.2, 0.25) is 5.91 Å². The van der Waals surface area contributed by atoms with Gasteiger partial charge < -0.3 is 19.3 Å². The minimum absolute atomic E-state index is 0.0927. The Morgan fingerprint density at radius 1 is 1.50 bits per heavy atom. The van der Waals surface area contributed by atoms with Gasteiger partial charge in [-0.25, -0.2) is 4.98 Å². The lowest BCUT2D eigenvalue weighted by Gasteiger charge is -2.21. The Kier molecular flexibility index (Phi) is 2.87. The highest BCUT2D eigenvalue weighted by Crippen LogP contribution is 2.51. The van der Waals surface area contributed by atoms with Gasteiger partial charge in [-0.3, -0.25) is 9.59 Å². The molecule has 0 radical (unpaired) electrons. The van der Waals surface area contributed by atoms with E-state index < -0.39 is 29.5 Å². The molecule has 2 fully saturated rings. The molecule has 0 aliphatic carbocycles. The maximum Gasteiger partial charge on any atom is 0.310 e. The third-order valence-corrected chi connectivity index (χ3v) is 4.87. The normalized spacial score (nSPS) is 35.4. The molecule has 22 heavy (non-hydrogen) atoms. The lowest BCUT2D eigenvalue weighted by molar-refractivity contribution is -0.148. The molecule has 4 atom stereocenters. The summed E-state index contributed by atoms with van der Waals surface area (Å²) in [5, 5.41) is 9.39. The topological polar surface area (TPSA) is 84.7 Å². The van der Waals surface area contributed by atoms with Gasteiger partial charge in [-0.05, 0) is 6.42 Å². The Balaban J connectivity index is 1.45. The predicted octanol–water partition coefficient (Wildman–Crippen LogP) is 0.140. The van der Waals surface area contributed by atoms with Crippen LogP contribution >= 0.6 is 0 Å². The molecule has 2 saturated heterocycles. The number of likely N-dealkylation sites (tertiary alicyclic amines) is 1. The Morgan fingerprint density at radius 3 is 3.09 bits per heavy atom. The summed E-state index contributed by atoms with van der Waals surface area (Å²) in [5.41, 5.74) is -0.722. The number of nitrogens with zero attached hydrogens (tertiary/aromatic N) is 3. The van der Waals surface area contributed by atoms with Crippen LogP contribution in [-0.4, -0.2) is 56.2 Å². The summed E-state index contributed by atoms with van der Waals surface area (Å²) in [6.07, 6.45) is 9.36. The zero-order chi connectivity index (χ0) is 15.3. The summed E-state index contributed by atoms with van der Waals surface area (Å²) in [7, 11) is 0. The van der Waals surface area contributed by atoms with Crippen molar-refractivity contribution in [3.05, 3.63) is 30.9 Å². The van der Waals surface area contributed by atoms with E-state index in [0.29, 0.717) is 13.1 Å². The minimum atomic E-state index is -0.949. The largest absolute Gasteiger partial charge is 0.481 e. The summed E-state index contributed by atoms with van der Waals surface area (Å²) in [4.78, 5) is 29.8. The van der Waals surface area contributed by atoms with E-state index in [1.807, 2.05) is 16.8 Å². The van der Waals surface area contributed by atoms with Crippen molar-refractivity contribution >= 4 is 11.9 Å². The van der Waals surface area contributed by atoms with Crippen LogP contribution in [0, 0.1) is 11.8 Å². The fraction of sp³-hybridized carbons (Fsp3) is 0.533. The Morgan fingerprint density at radius 2 is 2.36 bits per heavy atom. The molecule has 1 N–H and O–H groups in total. The Bertz CT molecular complexity index is 641. The SMILES string of the molecule is O=C(O)[C@H]1[C@H]2C(=O)N(CCCn3ccnc3)C[C@]23C=C[C@H]1O3. The highest BCUT2D eigenvalue weighted by Gasteiger charge is 2.66. The number of aliphatic carboxylic acids is 1. The van der Waals surface area contributed by atoms with Crippen molar-refractivity contribution in [3.8, 4) is 0 Å². The second-order valence-corrected chi connectivity index (χ2v) is 6.15. The molecule has 4 heterocycles. The number of fused-ring (bicyclic) bond motifs is 1. The summed E-state index contributed by atoms with van der Waals surface area (Å²) in [6.45, 7) is 1.84. The smallest absolute Gasteiger partial charge is 0.310 e. The standard InChI is InChI=1S/C15H17N3O4/c19-13-12-11(14(20)21)10-2-3-15(12,22-10)8-18(13)6-1-5-17-7-4-16-9-17/h2-4,7,9-12H,1,5-6,8H2,(H,20,21)/t10-,11-,12+,15-/m1/s1. The first-order valence-corrected chi connectivity index (χ1v) is 7.45. The zero-order valence-corrected chi connectivity index (χ0v) is 12.0. The molecular formula is C15H17N3O4. The van der Waals surface area contributed by atoms with Crippen LogP contribution in [0.25, 0.3) is 0 Å². The molecule has 1 aromatic rings. The zero-order valence-electron chi connectivity index (χ0n) is 12.0. The molecule has 116 valence electrons. The maximum absolute atomic E-state index is 12.6. The van der Waals surface area contributed by atoms with Crippen molar-refractivity contribution in [2.24, 2.45) is 11.8 Å². The Hall–Kier alpha value is -2.15. The lowest BCUT2D eigenvalue weighted by Crippen LogP contribution is -2.39. The average molecular weight is 303 g/mol. The number of hydrogen-bond donors (Lipinski definition) is 1. The predicted molar refractivity (Wildman–Crippen MR) is 74.8 cm³/mol. The van der Waals surface area contributed by atoms with E-state index in [1.165, 1.54) is 0 Å². The summed E-state index contributed by atoms with van der Waals surface area (Å²) < 4.78 is 7.80. The van der Waals surface area contributed by atoms with Crippen molar-refractivity contribution in [1.82, 2.24) is 14.5 Å². The van der Waals surface area contributed by atoms with Gasteiger partial charge in [0, 0.05) is 25.5 Å². The van der Waals surface area contributed by atoms with Gasteiger partial charge in [0.1, 0.15) is 11.5 Å². The summed E-state index contributed by atoms with van der Waals surface area (Å²) in [5.74, 6) is -2.37. The van der Waals surface area contributed by atoms with Crippen LogP contribution in [0.4, 0.5) is 0 Å². The van der Waals surface area contributed by atoms with E-state index in [-0.39, 0.29) is 5.91 Å². The average Bonchev–Trinajstić information content (AvgIpc) is 3.22. The van der Waals surface area contributed by atoms with Crippen molar-refractivity contribution in [2.45, 2.75) is 24.7 Å². The summed E-state index contributed by atoms with van der Waals surface area (Å²) in [6, 6.07) is 0. The number of ether oxygens (including phenoxy) is 1. The van der Waals surface area contributed by atoms with Crippen molar-refractivity contribution in [3.63, 3.8) is 0 Å². The van der Waals surface area contributed by atoms with E-state index in [1.54, 1.807) is 23.5 Å². The van der Waals surface area contributed by atoms with Gasteiger partial charge in [-0.15, -0.1) is 0 Å². The van der Waals surface area contributed by atoms with E-state index in [4.69, 9.17) is 4.74 Å². The number of rotatable bonds is 5. The van der Waals surface area contributed by atoms with Crippen molar-refractivity contribution in [1.29, 1.82) is 0 Å². The molecule has 1 spiro atoms. The van der Waals surface area contributed by atoms with Crippen LogP contribution in [0.1, 0.15) is 6.42 Å². The van der Waals surface area contributed by atoms with Crippen LogP contribution in [-0.2, 0) is 20.9 Å². The van der Waals surface area contributed by atoms with E-state index in [0.717, 1.165) is 13.0 Å². The number of amides is 1. The van der Waals surface area contributed by atoms with Crippen LogP contribution in [0.3, 0.4) is 0 Å². The molecule has 2 bridgehead atoms. The minimum Gasteiger partial charge on any atom is -0.481 e. The summed E-state index contributed by atoms with van der Waals surface area (Å²) >= 11 is 0. The fourth-order valence-corrected chi connectivity index (χ4v) is 3.91. The van der Waals surface area contributed by atoms with Crippen LogP contribution in [0.15, 0.2) is 30.9 Å². The molecule has 7 heteroatoms. The van der Waals surface area contributed by atoms with Gasteiger partial charge in [0.25, 0.3) is 0 Å². The van der Waals surface area contributed by atoms with Crippen LogP contribution in [0.5, 0.6) is 0 Å². The van der Waals surface area contributed by atoms with Gasteiger partial charge in [0.05, 0.1) is 24.9 Å². The maximum atomic E-state index is 12.6. The molecular weight excluding hydrogens is 286 g/mol. The molecule has 7 nitrogen and oxygen atoms in total. The molecule has 4 rings (SSSR count). The van der Waals surface area contributed by atoms with Crippen LogP contribution in [0.2, 0.25) is 0 Å². The molecule has 3 aliphatic rings. The van der Waals surface area contributed by atoms with Crippen molar-refractivity contribution in [2.75, 3.05) is 13.1 Å². The first-order chi connectivity index (χ1) is 10.6. The van der Waals surface area contributed by atoms with Gasteiger partial charge in [0.15, 0.2) is 0 Å². The molecule has 0 saturated carbocycles. The number of aryl methyl sites for hydroxylation is 1. The molecule has 0 aromatic carbocycles. The molecule has 1 aromatic heterocycles. The monoisotopic (exact) mass is 303 g/mol. The highest BCUT2D eigenvalue weighted by atomic mass is 16.5. The molecule has 3 aliphatic heterocycles. The lowest BCUT2D eigenvalue weighted by atomic mass is 9.77. The molecule has 0 unspecified atom stereocenters. The quantitative estimate of drug-likeness (QED) is 0.782. The van der Waals surface area contributed by atoms with Crippen molar-refractivity contribution < 1.29 is 19.4 Å². The molecule has 1 amide bonds. The number of carbonyl (C=O) groups excluding carboxylic acids is 1. The van der Waals surface area contributed by atoms with E-state index in [9.17, 15) is 14.7 Å². The second-order valence-electron chi connectivity index (χ2n) is 6.15. The first-order valence-electron chi connectivity index (χ1n) is 7.45. The number of carboxylic acids is 1. The number of hydrogen-bond acceptors (Lipinski definition) is 4. The van der Waals surface area contributed by atoms with Gasteiger partial charge >= 0.3 is 5.97 Å². The van der Waals surface area contributed by atoms with Crippen LogP contribution < -0.4 is 0 Å².